The third-order valence-electron chi connectivity index (χ3n) is 2.19. The molecule has 0 radical (unpaired) electrons. The van der Waals surface area contributed by atoms with E-state index in [1.165, 1.54) is 26.0 Å². The fourth-order valence-electron chi connectivity index (χ4n) is 1.30. The van der Waals surface area contributed by atoms with Crippen molar-refractivity contribution in [1.29, 1.82) is 5.26 Å². The standard InChI is InChI=1S/C12H12F3N3O/c1-11(2,7-16)18-10(19)17-9-6-4-3-5-8(9)12(13,14)15/h3-6H,1-2H3,(H2,17,18,19). The monoisotopic (exact) mass is 271 g/mol. The van der Waals surface area contributed by atoms with Gasteiger partial charge < -0.3 is 10.6 Å². The van der Waals surface area contributed by atoms with Gasteiger partial charge in [-0.15, -0.1) is 0 Å². The normalized spacial score (nSPS) is 11.6. The number of hydrogen-bond acceptors (Lipinski definition) is 2. The molecule has 0 aliphatic rings. The van der Waals surface area contributed by atoms with Gasteiger partial charge in [-0.05, 0) is 26.0 Å². The molecule has 0 saturated carbocycles. The number of rotatable bonds is 2. The molecule has 0 saturated heterocycles. The molecular formula is C12H12F3N3O. The summed E-state index contributed by atoms with van der Waals surface area (Å²) in [5, 5.41) is 13.1. The Kier molecular flexibility index (Phi) is 4.04. The number of nitrogens with one attached hydrogen (secondary N) is 2. The molecule has 1 aromatic rings. The maximum absolute atomic E-state index is 12.7. The van der Waals surface area contributed by atoms with Crippen LogP contribution in [0.3, 0.4) is 0 Å². The highest BCUT2D eigenvalue weighted by Gasteiger charge is 2.33. The molecule has 0 fully saturated rings. The Morgan fingerprint density at radius 3 is 2.37 bits per heavy atom. The van der Waals surface area contributed by atoms with Crippen molar-refractivity contribution in [2.75, 3.05) is 5.32 Å². The first kappa shape index (κ1) is 14.8. The molecule has 4 nitrogen and oxygen atoms in total. The molecule has 0 aliphatic heterocycles. The van der Waals surface area contributed by atoms with E-state index in [1.807, 2.05) is 6.07 Å². The Morgan fingerprint density at radius 2 is 1.84 bits per heavy atom. The molecular weight excluding hydrogens is 259 g/mol. The minimum absolute atomic E-state index is 0.360. The molecule has 0 atom stereocenters. The van der Waals surface area contributed by atoms with Crippen molar-refractivity contribution in [1.82, 2.24) is 5.32 Å². The number of para-hydroxylation sites is 1. The van der Waals surface area contributed by atoms with Crippen molar-refractivity contribution in [3.05, 3.63) is 29.8 Å². The number of nitriles is 1. The van der Waals surface area contributed by atoms with Gasteiger partial charge in [-0.3, -0.25) is 0 Å². The van der Waals surface area contributed by atoms with Crippen LogP contribution in [0.4, 0.5) is 23.7 Å². The molecule has 0 unspecified atom stereocenters. The lowest BCUT2D eigenvalue weighted by atomic mass is 10.1. The zero-order chi connectivity index (χ0) is 14.7. The van der Waals surface area contributed by atoms with Gasteiger partial charge in [0.2, 0.25) is 0 Å². The Balaban J connectivity index is 2.90. The zero-order valence-electron chi connectivity index (χ0n) is 10.3. The number of halogens is 3. The van der Waals surface area contributed by atoms with Gasteiger partial charge in [0, 0.05) is 0 Å². The van der Waals surface area contributed by atoms with E-state index in [9.17, 15) is 18.0 Å². The van der Waals surface area contributed by atoms with Gasteiger partial charge in [0.15, 0.2) is 0 Å². The summed E-state index contributed by atoms with van der Waals surface area (Å²) in [6.45, 7) is 2.87. The second-order valence-electron chi connectivity index (χ2n) is 4.36. The molecule has 2 amide bonds. The minimum Gasteiger partial charge on any atom is -0.320 e. The Hall–Kier alpha value is -2.23. The first-order valence-electron chi connectivity index (χ1n) is 5.32. The van der Waals surface area contributed by atoms with E-state index in [2.05, 4.69) is 10.6 Å². The summed E-state index contributed by atoms with van der Waals surface area (Å²) in [5.74, 6) is 0. The van der Waals surface area contributed by atoms with Gasteiger partial charge in [0.05, 0.1) is 17.3 Å². The van der Waals surface area contributed by atoms with Crippen molar-refractivity contribution in [2.45, 2.75) is 25.6 Å². The summed E-state index contributed by atoms with van der Waals surface area (Å²) in [5.41, 5.74) is -2.47. The number of carbonyl (C=O) groups is 1. The molecule has 1 rings (SSSR count). The number of nitrogens with zero attached hydrogens (tertiary/aromatic N) is 1. The van der Waals surface area contributed by atoms with E-state index in [0.29, 0.717) is 0 Å². The topological polar surface area (TPSA) is 64.9 Å². The van der Waals surface area contributed by atoms with Crippen LogP contribution in [0.25, 0.3) is 0 Å². The number of carbonyl (C=O) groups excluding carboxylic acids is 1. The van der Waals surface area contributed by atoms with Crippen LogP contribution in [0.1, 0.15) is 19.4 Å². The lowest BCUT2D eigenvalue weighted by Gasteiger charge is -2.19. The summed E-state index contributed by atoms with van der Waals surface area (Å²) in [6, 6.07) is 5.55. The SMILES string of the molecule is CC(C)(C#N)NC(=O)Nc1ccccc1C(F)(F)F. The highest BCUT2D eigenvalue weighted by molar-refractivity contribution is 5.90. The first-order valence-corrected chi connectivity index (χ1v) is 5.32. The predicted octanol–water partition coefficient (Wildman–Crippen LogP) is 3.13. The maximum atomic E-state index is 12.7. The van der Waals surface area contributed by atoms with Crippen LogP contribution in [0.15, 0.2) is 24.3 Å². The Labute approximate surface area is 108 Å². The van der Waals surface area contributed by atoms with E-state index in [0.717, 1.165) is 12.1 Å². The van der Waals surface area contributed by atoms with E-state index >= 15 is 0 Å². The van der Waals surface area contributed by atoms with Crippen LogP contribution in [0, 0.1) is 11.3 Å². The number of amides is 2. The fraction of sp³-hybridized carbons (Fsp3) is 0.333. The second-order valence-corrected chi connectivity index (χ2v) is 4.36. The van der Waals surface area contributed by atoms with Crippen molar-refractivity contribution >= 4 is 11.7 Å². The van der Waals surface area contributed by atoms with Crippen LogP contribution in [-0.2, 0) is 6.18 Å². The largest absolute Gasteiger partial charge is 0.418 e. The van der Waals surface area contributed by atoms with Crippen molar-refractivity contribution in [3.8, 4) is 6.07 Å². The maximum Gasteiger partial charge on any atom is 0.418 e. The lowest BCUT2D eigenvalue weighted by molar-refractivity contribution is -0.136. The highest BCUT2D eigenvalue weighted by atomic mass is 19.4. The van der Waals surface area contributed by atoms with Crippen molar-refractivity contribution < 1.29 is 18.0 Å². The van der Waals surface area contributed by atoms with Crippen molar-refractivity contribution in [2.24, 2.45) is 0 Å². The number of hydrogen-bond donors (Lipinski definition) is 2. The molecule has 7 heteroatoms. The van der Waals surface area contributed by atoms with E-state index in [4.69, 9.17) is 5.26 Å². The van der Waals surface area contributed by atoms with Crippen LogP contribution in [0.5, 0.6) is 0 Å². The average molecular weight is 271 g/mol. The molecule has 0 heterocycles. The van der Waals surface area contributed by atoms with Crippen molar-refractivity contribution in [3.63, 3.8) is 0 Å². The first-order chi connectivity index (χ1) is 8.65. The minimum atomic E-state index is -4.56. The van der Waals surface area contributed by atoms with Crippen LogP contribution >= 0.6 is 0 Å². The third-order valence-corrected chi connectivity index (χ3v) is 2.19. The molecule has 0 spiro atoms. The summed E-state index contributed by atoms with van der Waals surface area (Å²) in [4.78, 5) is 11.5. The summed E-state index contributed by atoms with van der Waals surface area (Å²) >= 11 is 0. The van der Waals surface area contributed by atoms with Crippen LogP contribution < -0.4 is 10.6 Å². The number of urea groups is 1. The molecule has 0 aliphatic carbocycles. The molecule has 102 valence electrons. The average Bonchev–Trinajstić information content (AvgIpc) is 2.27. The van der Waals surface area contributed by atoms with Gasteiger partial charge in [0.25, 0.3) is 0 Å². The third kappa shape index (κ3) is 4.17. The fourth-order valence-corrected chi connectivity index (χ4v) is 1.30. The smallest absolute Gasteiger partial charge is 0.320 e. The summed E-state index contributed by atoms with van der Waals surface area (Å²) < 4.78 is 38.0. The number of benzene rings is 1. The molecule has 0 aromatic heterocycles. The highest BCUT2D eigenvalue weighted by Crippen LogP contribution is 2.34. The number of anilines is 1. The van der Waals surface area contributed by atoms with E-state index in [1.54, 1.807) is 0 Å². The lowest BCUT2D eigenvalue weighted by Crippen LogP contribution is -2.44. The van der Waals surface area contributed by atoms with E-state index in [-0.39, 0.29) is 5.69 Å². The molecule has 1 aromatic carbocycles. The molecule has 2 N–H and O–H groups in total. The Morgan fingerprint density at radius 1 is 1.26 bits per heavy atom. The molecule has 0 bridgehead atoms. The van der Waals surface area contributed by atoms with Gasteiger partial charge in [0.1, 0.15) is 5.54 Å². The number of alkyl halides is 3. The predicted molar refractivity (Wildman–Crippen MR) is 63.3 cm³/mol. The van der Waals surface area contributed by atoms with E-state index < -0.39 is 23.3 Å². The summed E-state index contributed by atoms with van der Waals surface area (Å²) in [6.07, 6.45) is -4.56. The van der Waals surface area contributed by atoms with Gasteiger partial charge in [-0.25, -0.2) is 4.79 Å². The molecule has 19 heavy (non-hydrogen) atoms. The van der Waals surface area contributed by atoms with Crippen LogP contribution in [-0.4, -0.2) is 11.6 Å². The van der Waals surface area contributed by atoms with Crippen LogP contribution in [0.2, 0.25) is 0 Å². The summed E-state index contributed by atoms with van der Waals surface area (Å²) in [7, 11) is 0. The van der Waals surface area contributed by atoms with Gasteiger partial charge in [-0.2, -0.15) is 18.4 Å². The quantitative estimate of drug-likeness (QED) is 0.867. The van der Waals surface area contributed by atoms with Gasteiger partial charge >= 0.3 is 12.2 Å². The second kappa shape index (κ2) is 5.18. The van der Waals surface area contributed by atoms with Gasteiger partial charge in [-0.1, -0.05) is 12.1 Å². The Bertz CT molecular complexity index is 518. The zero-order valence-corrected chi connectivity index (χ0v) is 10.3.